The molecule has 5 N–H and O–H groups in total. The molecule has 0 unspecified atom stereocenters. The van der Waals surface area contributed by atoms with E-state index in [9.17, 15) is 4.79 Å². The van der Waals surface area contributed by atoms with Gasteiger partial charge in [-0.15, -0.1) is 0 Å². The fraction of sp³-hybridized carbons (Fsp3) is 0.600. The third kappa shape index (κ3) is 6.68. The molecule has 86 valence electrons. The Balaban J connectivity index is 3.72. The molecule has 0 bridgehead atoms. The van der Waals surface area contributed by atoms with Gasteiger partial charge in [-0.3, -0.25) is 5.41 Å². The van der Waals surface area contributed by atoms with Crippen LogP contribution in [0.25, 0.3) is 0 Å². The molecule has 5 nitrogen and oxygen atoms in total. The van der Waals surface area contributed by atoms with Gasteiger partial charge >= 0.3 is 5.97 Å². The highest BCUT2D eigenvalue weighted by molar-refractivity contribution is 5.80. The Hall–Kier alpha value is -1.36. The SMILES string of the molecule is CC(=N)NCCC/C=C/[C@@](C)(N)C(=O)O. The van der Waals surface area contributed by atoms with Crippen molar-refractivity contribution in [2.75, 3.05) is 6.54 Å². The summed E-state index contributed by atoms with van der Waals surface area (Å²) >= 11 is 0. The van der Waals surface area contributed by atoms with Crippen molar-refractivity contribution in [2.45, 2.75) is 32.2 Å². The molecule has 5 heteroatoms. The normalized spacial score (nSPS) is 14.9. The predicted octanol–water partition coefficient (Wildman–Crippen LogP) is 0.712. The lowest BCUT2D eigenvalue weighted by Crippen LogP contribution is -2.42. The molecule has 0 fully saturated rings. The molecule has 0 aliphatic rings. The lowest BCUT2D eigenvalue weighted by molar-refractivity contribution is -0.140. The van der Waals surface area contributed by atoms with Crippen LogP contribution in [0.3, 0.4) is 0 Å². The van der Waals surface area contributed by atoms with E-state index in [-0.39, 0.29) is 0 Å². The summed E-state index contributed by atoms with van der Waals surface area (Å²) in [6, 6.07) is 0. The van der Waals surface area contributed by atoms with Gasteiger partial charge in [-0.1, -0.05) is 12.2 Å². The van der Waals surface area contributed by atoms with Crippen molar-refractivity contribution >= 4 is 11.8 Å². The van der Waals surface area contributed by atoms with Crippen LogP contribution in [0.15, 0.2) is 12.2 Å². The molecule has 0 aliphatic carbocycles. The number of rotatable bonds is 6. The third-order valence-corrected chi connectivity index (χ3v) is 1.86. The Bertz CT molecular complexity index is 259. The summed E-state index contributed by atoms with van der Waals surface area (Å²) in [5.41, 5.74) is 4.20. The van der Waals surface area contributed by atoms with Crippen molar-refractivity contribution in [3.63, 3.8) is 0 Å². The zero-order valence-corrected chi connectivity index (χ0v) is 9.21. The van der Waals surface area contributed by atoms with Crippen LogP contribution < -0.4 is 11.1 Å². The molecule has 15 heavy (non-hydrogen) atoms. The van der Waals surface area contributed by atoms with Crippen molar-refractivity contribution in [3.8, 4) is 0 Å². The molecule has 0 radical (unpaired) electrons. The second kappa shape index (κ2) is 6.19. The van der Waals surface area contributed by atoms with Crippen molar-refractivity contribution in [2.24, 2.45) is 5.73 Å². The van der Waals surface area contributed by atoms with Crippen molar-refractivity contribution in [1.82, 2.24) is 5.32 Å². The summed E-state index contributed by atoms with van der Waals surface area (Å²) in [4.78, 5) is 10.6. The maximum absolute atomic E-state index is 10.6. The van der Waals surface area contributed by atoms with Crippen LogP contribution in [0.5, 0.6) is 0 Å². The van der Waals surface area contributed by atoms with E-state index in [1.807, 2.05) is 0 Å². The zero-order valence-electron chi connectivity index (χ0n) is 9.21. The van der Waals surface area contributed by atoms with Gasteiger partial charge in [0.1, 0.15) is 5.54 Å². The number of carboxylic acid groups (broad SMARTS) is 1. The highest BCUT2D eigenvalue weighted by Crippen LogP contribution is 2.02. The predicted molar refractivity (Wildman–Crippen MR) is 60.0 cm³/mol. The van der Waals surface area contributed by atoms with Gasteiger partial charge in [-0.2, -0.15) is 0 Å². The van der Waals surface area contributed by atoms with Gasteiger partial charge in [0.2, 0.25) is 0 Å². The highest BCUT2D eigenvalue weighted by Gasteiger charge is 2.23. The number of hydrogen-bond acceptors (Lipinski definition) is 3. The fourth-order valence-electron chi connectivity index (χ4n) is 0.895. The third-order valence-electron chi connectivity index (χ3n) is 1.86. The van der Waals surface area contributed by atoms with E-state index in [1.54, 1.807) is 13.0 Å². The van der Waals surface area contributed by atoms with E-state index in [0.29, 0.717) is 12.4 Å². The van der Waals surface area contributed by atoms with Crippen LogP contribution in [0.2, 0.25) is 0 Å². The minimum absolute atomic E-state index is 0.438. The average molecular weight is 213 g/mol. The quantitative estimate of drug-likeness (QED) is 0.226. The van der Waals surface area contributed by atoms with Crippen LogP contribution in [0, 0.1) is 5.41 Å². The molecule has 1 atom stereocenters. The lowest BCUT2D eigenvalue weighted by atomic mass is 10.0. The summed E-state index contributed by atoms with van der Waals surface area (Å²) < 4.78 is 0. The molecule has 0 saturated carbocycles. The molecule has 0 aromatic heterocycles. The molecular formula is C10H19N3O2. The smallest absolute Gasteiger partial charge is 0.327 e. The summed E-state index contributed by atoms with van der Waals surface area (Å²) in [6.07, 6.45) is 4.85. The van der Waals surface area contributed by atoms with Crippen molar-refractivity contribution < 1.29 is 9.90 Å². The Kier molecular flexibility index (Phi) is 5.62. The van der Waals surface area contributed by atoms with Crippen LogP contribution in [0.4, 0.5) is 0 Å². The van der Waals surface area contributed by atoms with E-state index < -0.39 is 11.5 Å². The summed E-state index contributed by atoms with van der Waals surface area (Å²) in [5, 5.41) is 18.7. The molecule has 0 spiro atoms. The number of hydrogen-bond donors (Lipinski definition) is 4. The summed E-state index contributed by atoms with van der Waals surface area (Å²) in [7, 11) is 0. The highest BCUT2D eigenvalue weighted by atomic mass is 16.4. The monoisotopic (exact) mass is 213 g/mol. The lowest BCUT2D eigenvalue weighted by Gasteiger charge is -2.13. The Morgan fingerprint density at radius 2 is 2.27 bits per heavy atom. The van der Waals surface area contributed by atoms with Crippen molar-refractivity contribution in [1.29, 1.82) is 5.41 Å². The largest absolute Gasteiger partial charge is 0.480 e. The number of carboxylic acids is 1. The summed E-state index contributed by atoms with van der Waals surface area (Å²) in [5.74, 6) is -0.597. The zero-order chi connectivity index (χ0) is 11.9. The number of amidine groups is 1. The first-order valence-electron chi connectivity index (χ1n) is 4.85. The Morgan fingerprint density at radius 3 is 2.73 bits per heavy atom. The van der Waals surface area contributed by atoms with E-state index in [1.165, 1.54) is 13.0 Å². The number of allylic oxidation sites excluding steroid dienone is 1. The minimum atomic E-state index is -1.29. The molecule has 0 rings (SSSR count). The summed E-state index contributed by atoms with van der Waals surface area (Å²) in [6.45, 7) is 3.84. The van der Waals surface area contributed by atoms with Gasteiger partial charge in [0.05, 0.1) is 5.84 Å². The first-order chi connectivity index (χ1) is 6.86. The average Bonchev–Trinajstić information content (AvgIpc) is 2.10. The van der Waals surface area contributed by atoms with Gasteiger partial charge in [-0.25, -0.2) is 4.79 Å². The first kappa shape index (κ1) is 13.6. The second-order valence-corrected chi connectivity index (χ2v) is 3.68. The Labute approximate surface area is 89.9 Å². The number of nitrogens with two attached hydrogens (primary N) is 1. The second-order valence-electron chi connectivity index (χ2n) is 3.68. The maximum atomic E-state index is 10.6. The van der Waals surface area contributed by atoms with E-state index in [0.717, 1.165) is 12.8 Å². The van der Waals surface area contributed by atoms with E-state index in [4.69, 9.17) is 16.2 Å². The molecule has 0 aliphatic heterocycles. The van der Waals surface area contributed by atoms with Crippen LogP contribution in [0.1, 0.15) is 26.7 Å². The molecule has 0 aromatic carbocycles. The van der Waals surface area contributed by atoms with Gasteiger partial charge in [0.15, 0.2) is 0 Å². The van der Waals surface area contributed by atoms with Crippen LogP contribution >= 0.6 is 0 Å². The van der Waals surface area contributed by atoms with Gasteiger partial charge in [0.25, 0.3) is 0 Å². The Morgan fingerprint density at radius 1 is 1.67 bits per heavy atom. The van der Waals surface area contributed by atoms with E-state index >= 15 is 0 Å². The van der Waals surface area contributed by atoms with Gasteiger partial charge < -0.3 is 16.2 Å². The van der Waals surface area contributed by atoms with Crippen LogP contribution in [-0.4, -0.2) is 29.0 Å². The number of nitrogens with one attached hydrogen (secondary N) is 2. The topological polar surface area (TPSA) is 99.2 Å². The molecule has 0 saturated heterocycles. The number of unbranched alkanes of at least 4 members (excludes halogenated alkanes) is 1. The number of carbonyl (C=O) groups is 1. The fourth-order valence-corrected chi connectivity index (χ4v) is 0.895. The van der Waals surface area contributed by atoms with Crippen LogP contribution in [-0.2, 0) is 4.79 Å². The minimum Gasteiger partial charge on any atom is -0.480 e. The molecule has 0 aromatic rings. The standard InChI is InChI=1S/C10H19N3O2/c1-8(11)13-7-5-3-4-6-10(2,12)9(14)15/h4,6H,3,5,7,12H2,1-2H3,(H2,11,13)(H,14,15)/b6-4+/t10-/m1/s1. The van der Waals surface area contributed by atoms with Crippen molar-refractivity contribution in [3.05, 3.63) is 12.2 Å². The maximum Gasteiger partial charge on any atom is 0.327 e. The molecule has 0 amide bonds. The van der Waals surface area contributed by atoms with E-state index in [2.05, 4.69) is 5.32 Å². The van der Waals surface area contributed by atoms with Gasteiger partial charge in [-0.05, 0) is 26.7 Å². The molecular weight excluding hydrogens is 194 g/mol. The number of aliphatic carboxylic acids is 1. The molecule has 0 heterocycles. The first-order valence-corrected chi connectivity index (χ1v) is 4.85. The van der Waals surface area contributed by atoms with Gasteiger partial charge in [0, 0.05) is 6.54 Å².